The van der Waals surface area contributed by atoms with Gasteiger partial charge in [0.2, 0.25) is 10.0 Å². The van der Waals surface area contributed by atoms with E-state index in [1.165, 1.54) is 12.1 Å². The third kappa shape index (κ3) is 4.95. The minimum Gasteiger partial charge on any atom is -0.370 e. The maximum Gasteiger partial charge on any atom is 0.321 e. The number of hydrogen-bond donors (Lipinski definition) is 2. The average molecular weight is 389 g/mol. The molecule has 1 aromatic carbocycles. The summed E-state index contributed by atoms with van der Waals surface area (Å²) in [6.45, 7) is 4.72. The van der Waals surface area contributed by atoms with Crippen LogP contribution in [-0.2, 0) is 10.0 Å². The zero-order valence-electron chi connectivity index (χ0n) is 15.1. The molecule has 2 amide bonds. The second kappa shape index (κ2) is 7.93. The molecule has 3 rings (SSSR count). The van der Waals surface area contributed by atoms with Crippen molar-refractivity contribution in [2.24, 2.45) is 5.14 Å². The normalized spacial score (nSPS) is 15.3. The number of primary sulfonamides is 1. The first-order chi connectivity index (χ1) is 12.8. The molecular formula is C18H23N5O3S. The van der Waals surface area contributed by atoms with Gasteiger partial charge in [0, 0.05) is 49.4 Å². The number of aryl methyl sites for hydroxylation is 1. The molecule has 8 nitrogen and oxygen atoms in total. The fourth-order valence-corrected chi connectivity index (χ4v) is 3.62. The van der Waals surface area contributed by atoms with E-state index in [-0.39, 0.29) is 10.9 Å². The lowest BCUT2D eigenvalue weighted by molar-refractivity contribution is 0.215. The average Bonchev–Trinajstić information content (AvgIpc) is 2.87. The maximum absolute atomic E-state index is 12.6. The minimum atomic E-state index is -3.81. The van der Waals surface area contributed by atoms with Gasteiger partial charge in [-0.3, -0.25) is 4.98 Å². The van der Waals surface area contributed by atoms with Crippen LogP contribution < -0.4 is 15.4 Å². The molecule has 0 radical (unpaired) electrons. The number of nitrogens with two attached hydrogens (primary N) is 1. The van der Waals surface area contributed by atoms with Crippen LogP contribution in [0.2, 0.25) is 0 Å². The van der Waals surface area contributed by atoms with Gasteiger partial charge < -0.3 is 15.1 Å². The van der Waals surface area contributed by atoms with Gasteiger partial charge in [-0.2, -0.15) is 0 Å². The Morgan fingerprint density at radius 2 is 1.96 bits per heavy atom. The van der Waals surface area contributed by atoms with Gasteiger partial charge in [0.25, 0.3) is 0 Å². The lowest BCUT2D eigenvalue weighted by Gasteiger charge is -2.24. The summed E-state index contributed by atoms with van der Waals surface area (Å²) in [5, 5.41) is 7.89. The van der Waals surface area contributed by atoms with Gasteiger partial charge >= 0.3 is 6.03 Å². The van der Waals surface area contributed by atoms with Crippen molar-refractivity contribution in [2.45, 2.75) is 18.2 Å². The molecule has 0 bridgehead atoms. The molecule has 1 aliphatic rings. The molecule has 1 aliphatic heterocycles. The number of amides is 2. The molecule has 1 aromatic heterocycles. The molecule has 0 saturated carbocycles. The Balaban J connectivity index is 1.65. The van der Waals surface area contributed by atoms with Crippen molar-refractivity contribution in [3.8, 4) is 0 Å². The van der Waals surface area contributed by atoms with E-state index in [0.717, 1.165) is 24.3 Å². The number of nitrogens with one attached hydrogen (secondary N) is 1. The van der Waals surface area contributed by atoms with Crippen molar-refractivity contribution in [1.29, 1.82) is 0 Å². The molecule has 0 unspecified atom stereocenters. The predicted octanol–water partition coefficient (Wildman–Crippen LogP) is 1.78. The predicted molar refractivity (Wildman–Crippen MR) is 104 cm³/mol. The summed E-state index contributed by atoms with van der Waals surface area (Å²) in [7, 11) is -3.81. The summed E-state index contributed by atoms with van der Waals surface area (Å²) in [6, 6.07) is 9.69. The quantitative estimate of drug-likeness (QED) is 0.832. The summed E-state index contributed by atoms with van der Waals surface area (Å²) in [6.07, 6.45) is 2.63. The molecule has 27 heavy (non-hydrogen) atoms. The first-order valence-corrected chi connectivity index (χ1v) is 10.2. The van der Waals surface area contributed by atoms with E-state index in [4.69, 9.17) is 5.14 Å². The number of carbonyl (C=O) groups excluding carboxylic acids is 1. The summed E-state index contributed by atoms with van der Waals surface area (Å²) in [5.41, 5.74) is 2.46. The number of urea groups is 1. The Labute approximate surface area is 159 Å². The maximum atomic E-state index is 12.6. The molecule has 0 aliphatic carbocycles. The standard InChI is InChI=1S/C18H23N5O3S/c1-14-12-16(6-7-20-14)22-8-3-9-23(11-10-22)18(24)21-15-4-2-5-17(13-15)27(19,25)26/h2,4-7,12-13H,3,8-11H2,1H3,(H,21,24)(H2,19,25,26). The summed E-state index contributed by atoms with van der Waals surface area (Å²) in [5.74, 6) is 0. The highest BCUT2D eigenvalue weighted by Gasteiger charge is 2.20. The van der Waals surface area contributed by atoms with Crippen molar-refractivity contribution in [2.75, 3.05) is 36.4 Å². The zero-order valence-corrected chi connectivity index (χ0v) is 15.9. The van der Waals surface area contributed by atoms with Crippen LogP contribution in [0.25, 0.3) is 0 Å². The van der Waals surface area contributed by atoms with E-state index in [1.807, 2.05) is 19.1 Å². The van der Waals surface area contributed by atoms with Gasteiger partial charge in [-0.25, -0.2) is 18.4 Å². The van der Waals surface area contributed by atoms with E-state index in [0.29, 0.717) is 25.3 Å². The SMILES string of the molecule is Cc1cc(N2CCCN(C(=O)Nc3cccc(S(N)(=O)=O)c3)CC2)ccn1. The van der Waals surface area contributed by atoms with E-state index >= 15 is 0 Å². The molecular weight excluding hydrogens is 366 g/mol. The van der Waals surface area contributed by atoms with Gasteiger partial charge in [-0.15, -0.1) is 0 Å². The van der Waals surface area contributed by atoms with Gasteiger partial charge in [0.05, 0.1) is 4.90 Å². The third-order valence-electron chi connectivity index (χ3n) is 4.44. The first kappa shape index (κ1) is 19.1. The number of benzene rings is 1. The second-order valence-electron chi connectivity index (χ2n) is 6.49. The van der Waals surface area contributed by atoms with Crippen LogP contribution in [0.3, 0.4) is 0 Å². The zero-order chi connectivity index (χ0) is 19.4. The Hall–Kier alpha value is -2.65. The number of anilines is 2. The number of carbonyl (C=O) groups is 1. The number of hydrogen-bond acceptors (Lipinski definition) is 5. The smallest absolute Gasteiger partial charge is 0.321 e. The van der Waals surface area contributed by atoms with Crippen molar-refractivity contribution in [1.82, 2.24) is 9.88 Å². The van der Waals surface area contributed by atoms with Crippen LogP contribution >= 0.6 is 0 Å². The van der Waals surface area contributed by atoms with Crippen molar-refractivity contribution < 1.29 is 13.2 Å². The van der Waals surface area contributed by atoms with Gasteiger partial charge in [0.1, 0.15) is 0 Å². The van der Waals surface area contributed by atoms with Crippen LogP contribution in [0.1, 0.15) is 12.1 Å². The number of sulfonamides is 1. The highest BCUT2D eigenvalue weighted by Crippen LogP contribution is 2.18. The molecule has 9 heteroatoms. The number of aromatic nitrogens is 1. The van der Waals surface area contributed by atoms with Crippen LogP contribution in [-0.4, -0.2) is 50.5 Å². The highest BCUT2D eigenvalue weighted by atomic mass is 32.2. The van der Waals surface area contributed by atoms with Crippen LogP contribution in [0.5, 0.6) is 0 Å². The molecule has 3 N–H and O–H groups in total. The van der Waals surface area contributed by atoms with E-state index < -0.39 is 10.0 Å². The molecule has 144 valence electrons. The highest BCUT2D eigenvalue weighted by molar-refractivity contribution is 7.89. The molecule has 2 heterocycles. The second-order valence-corrected chi connectivity index (χ2v) is 8.05. The molecule has 2 aromatic rings. The third-order valence-corrected chi connectivity index (χ3v) is 5.35. The lowest BCUT2D eigenvalue weighted by atomic mass is 10.3. The molecule has 1 fully saturated rings. The van der Waals surface area contributed by atoms with Crippen molar-refractivity contribution in [3.63, 3.8) is 0 Å². The summed E-state index contributed by atoms with van der Waals surface area (Å²) in [4.78, 5) is 20.7. The van der Waals surface area contributed by atoms with E-state index in [1.54, 1.807) is 23.2 Å². The Morgan fingerprint density at radius 1 is 1.15 bits per heavy atom. The van der Waals surface area contributed by atoms with Gasteiger partial charge in [-0.05, 0) is 43.7 Å². The Kier molecular flexibility index (Phi) is 5.62. The Bertz CT molecular complexity index is 932. The first-order valence-electron chi connectivity index (χ1n) is 8.69. The summed E-state index contributed by atoms with van der Waals surface area (Å²) >= 11 is 0. The van der Waals surface area contributed by atoms with E-state index in [2.05, 4.69) is 15.2 Å². The summed E-state index contributed by atoms with van der Waals surface area (Å²) < 4.78 is 22.9. The fourth-order valence-electron chi connectivity index (χ4n) is 3.06. The van der Waals surface area contributed by atoms with Gasteiger partial charge in [-0.1, -0.05) is 6.07 Å². The minimum absolute atomic E-state index is 0.0320. The monoisotopic (exact) mass is 389 g/mol. The molecule has 0 spiro atoms. The number of nitrogens with zero attached hydrogens (tertiary/aromatic N) is 3. The number of pyridine rings is 1. The number of rotatable bonds is 3. The van der Waals surface area contributed by atoms with E-state index in [9.17, 15) is 13.2 Å². The lowest BCUT2D eigenvalue weighted by Crippen LogP contribution is -2.38. The fraction of sp³-hybridized carbons (Fsp3) is 0.333. The Morgan fingerprint density at radius 3 is 2.70 bits per heavy atom. The largest absolute Gasteiger partial charge is 0.370 e. The van der Waals surface area contributed by atoms with Crippen LogP contribution in [0.4, 0.5) is 16.2 Å². The molecule has 0 atom stereocenters. The van der Waals surface area contributed by atoms with Crippen LogP contribution in [0, 0.1) is 6.92 Å². The van der Waals surface area contributed by atoms with Crippen LogP contribution in [0.15, 0.2) is 47.5 Å². The molecule has 1 saturated heterocycles. The topological polar surface area (TPSA) is 109 Å². The van der Waals surface area contributed by atoms with Gasteiger partial charge in [0.15, 0.2) is 0 Å². The van der Waals surface area contributed by atoms with Crippen molar-refractivity contribution >= 4 is 27.4 Å². The van der Waals surface area contributed by atoms with Crippen molar-refractivity contribution in [3.05, 3.63) is 48.3 Å².